The van der Waals surface area contributed by atoms with Crippen LogP contribution in [0.15, 0.2) is 0 Å². The number of nitrogens with zero attached hydrogens (tertiary/aromatic N) is 2. The minimum atomic E-state index is 0.334. The summed E-state index contributed by atoms with van der Waals surface area (Å²) in [4.78, 5) is 11.7. The fourth-order valence-electron chi connectivity index (χ4n) is 1.90. The van der Waals surface area contributed by atoms with Crippen LogP contribution in [-0.4, -0.2) is 9.97 Å². The highest BCUT2D eigenvalue weighted by Gasteiger charge is 2.13. The van der Waals surface area contributed by atoms with Gasteiger partial charge < -0.3 is 5.32 Å². The molecule has 0 amide bonds. The van der Waals surface area contributed by atoms with Gasteiger partial charge in [-0.05, 0) is 34.6 Å². The minimum Gasteiger partial charge on any atom is -0.303 e. The highest BCUT2D eigenvalue weighted by atomic mass is 32.1. The Balaban J connectivity index is 2.00. The molecule has 0 saturated heterocycles. The lowest BCUT2D eigenvalue weighted by Crippen LogP contribution is -2.17. The highest BCUT2D eigenvalue weighted by Crippen LogP contribution is 2.25. The molecule has 18 heavy (non-hydrogen) atoms. The van der Waals surface area contributed by atoms with Gasteiger partial charge in [-0.3, -0.25) is 0 Å². The van der Waals surface area contributed by atoms with Crippen LogP contribution < -0.4 is 5.32 Å². The third kappa shape index (κ3) is 2.96. The SMILES string of the molecule is Cc1nc(C)c(C(C)NCc2nc(C)c(C)s2)s1. The number of aromatic nitrogens is 2. The second-order valence-electron chi connectivity index (χ2n) is 4.53. The monoisotopic (exact) mass is 281 g/mol. The first kappa shape index (κ1) is 13.6. The predicted molar refractivity (Wildman–Crippen MR) is 78.4 cm³/mol. The molecule has 1 N–H and O–H groups in total. The van der Waals surface area contributed by atoms with Crippen molar-refractivity contribution in [3.8, 4) is 0 Å². The summed E-state index contributed by atoms with van der Waals surface area (Å²) in [5.41, 5.74) is 2.29. The standard InChI is InChI=1S/C13H19N3S2/c1-7-10(4)17-12(16-7)6-14-8(2)13-9(3)15-11(5)18-13/h8,14H,6H2,1-5H3. The van der Waals surface area contributed by atoms with Crippen LogP contribution >= 0.6 is 22.7 Å². The zero-order chi connectivity index (χ0) is 13.3. The van der Waals surface area contributed by atoms with Gasteiger partial charge in [0, 0.05) is 22.3 Å². The van der Waals surface area contributed by atoms with Crippen LogP contribution in [-0.2, 0) is 6.54 Å². The number of hydrogen-bond acceptors (Lipinski definition) is 5. The summed E-state index contributed by atoms with van der Waals surface area (Å²) < 4.78 is 0. The third-order valence-electron chi connectivity index (χ3n) is 2.96. The van der Waals surface area contributed by atoms with Crippen LogP contribution in [0.1, 0.15) is 44.1 Å². The van der Waals surface area contributed by atoms with E-state index in [1.165, 1.54) is 9.75 Å². The molecule has 0 aliphatic carbocycles. The summed E-state index contributed by atoms with van der Waals surface area (Å²) in [6.45, 7) is 11.3. The summed E-state index contributed by atoms with van der Waals surface area (Å²) in [7, 11) is 0. The molecule has 2 aromatic heterocycles. The van der Waals surface area contributed by atoms with E-state index in [2.05, 4.69) is 49.9 Å². The highest BCUT2D eigenvalue weighted by molar-refractivity contribution is 7.12. The van der Waals surface area contributed by atoms with E-state index in [1.807, 2.05) is 0 Å². The van der Waals surface area contributed by atoms with Crippen molar-refractivity contribution < 1.29 is 0 Å². The van der Waals surface area contributed by atoms with Crippen molar-refractivity contribution in [3.05, 3.63) is 31.2 Å². The van der Waals surface area contributed by atoms with E-state index in [9.17, 15) is 0 Å². The fourth-order valence-corrected chi connectivity index (χ4v) is 3.74. The Hall–Kier alpha value is -0.780. The molecule has 2 aromatic rings. The quantitative estimate of drug-likeness (QED) is 0.929. The number of rotatable bonds is 4. The molecule has 0 aliphatic heterocycles. The smallest absolute Gasteiger partial charge is 0.107 e. The van der Waals surface area contributed by atoms with Crippen molar-refractivity contribution in [1.29, 1.82) is 0 Å². The van der Waals surface area contributed by atoms with E-state index < -0.39 is 0 Å². The number of thiazole rings is 2. The largest absolute Gasteiger partial charge is 0.303 e. The Morgan fingerprint density at radius 1 is 1.06 bits per heavy atom. The molecule has 0 fully saturated rings. The maximum Gasteiger partial charge on any atom is 0.107 e. The van der Waals surface area contributed by atoms with Gasteiger partial charge in [0.25, 0.3) is 0 Å². The van der Waals surface area contributed by atoms with Crippen molar-refractivity contribution in [3.63, 3.8) is 0 Å². The first-order valence-electron chi connectivity index (χ1n) is 6.07. The Morgan fingerprint density at radius 3 is 2.28 bits per heavy atom. The van der Waals surface area contributed by atoms with Crippen molar-refractivity contribution in [2.24, 2.45) is 0 Å². The van der Waals surface area contributed by atoms with Crippen LogP contribution in [0.3, 0.4) is 0 Å². The lowest BCUT2D eigenvalue weighted by molar-refractivity contribution is 0.577. The fraction of sp³-hybridized carbons (Fsp3) is 0.538. The van der Waals surface area contributed by atoms with E-state index in [-0.39, 0.29) is 0 Å². The van der Waals surface area contributed by atoms with Gasteiger partial charge in [-0.15, -0.1) is 22.7 Å². The molecule has 3 nitrogen and oxygen atoms in total. The summed E-state index contributed by atoms with van der Waals surface area (Å²) in [6, 6.07) is 0.334. The average Bonchev–Trinajstić information content (AvgIpc) is 2.79. The zero-order valence-electron chi connectivity index (χ0n) is 11.5. The van der Waals surface area contributed by atoms with Crippen molar-refractivity contribution in [1.82, 2.24) is 15.3 Å². The van der Waals surface area contributed by atoms with Gasteiger partial charge in [-0.2, -0.15) is 0 Å². The Labute approximate surface area is 116 Å². The van der Waals surface area contributed by atoms with Gasteiger partial charge in [-0.25, -0.2) is 9.97 Å². The molecule has 2 heterocycles. The number of aryl methyl sites for hydroxylation is 4. The second kappa shape index (κ2) is 5.47. The molecule has 98 valence electrons. The third-order valence-corrected chi connectivity index (χ3v) is 5.29. The Morgan fingerprint density at radius 2 is 1.78 bits per heavy atom. The summed E-state index contributed by atoms with van der Waals surface area (Å²) in [6.07, 6.45) is 0. The van der Waals surface area contributed by atoms with E-state index in [1.54, 1.807) is 22.7 Å². The van der Waals surface area contributed by atoms with Crippen molar-refractivity contribution in [2.75, 3.05) is 0 Å². The molecule has 0 aromatic carbocycles. The first-order valence-corrected chi connectivity index (χ1v) is 7.71. The summed E-state index contributed by atoms with van der Waals surface area (Å²) in [5, 5.41) is 5.83. The Bertz CT molecular complexity index is 523. The van der Waals surface area contributed by atoms with Gasteiger partial charge in [0.2, 0.25) is 0 Å². The van der Waals surface area contributed by atoms with E-state index in [0.29, 0.717) is 6.04 Å². The maximum atomic E-state index is 4.55. The first-order chi connectivity index (χ1) is 8.47. The molecular weight excluding hydrogens is 262 g/mol. The molecule has 1 atom stereocenters. The zero-order valence-corrected chi connectivity index (χ0v) is 13.1. The van der Waals surface area contributed by atoms with Gasteiger partial charge in [0.1, 0.15) is 5.01 Å². The van der Waals surface area contributed by atoms with Gasteiger partial charge in [-0.1, -0.05) is 0 Å². The van der Waals surface area contributed by atoms with Crippen LogP contribution in [0.5, 0.6) is 0 Å². The van der Waals surface area contributed by atoms with E-state index in [4.69, 9.17) is 0 Å². The molecule has 0 aliphatic rings. The van der Waals surface area contributed by atoms with Crippen molar-refractivity contribution in [2.45, 2.75) is 47.2 Å². The lowest BCUT2D eigenvalue weighted by Gasteiger charge is -2.11. The second-order valence-corrected chi connectivity index (χ2v) is 7.06. The van der Waals surface area contributed by atoms with Crippen LogP contribution in [0.2, 0.25) is 0 Å². The minimum absolute atomic E-state index is 0.334. The topological polar surface area (TPSA) is 37.8 Å². The number of nitrogens with one attached hydrogen (secondary N) is 1. The summed E-state index contributed by atoms with van der Waals surface area (Å²) >= 11 is 3.55. The molecule has 0 radical (unpaired) electrons. The van der Waals surface area contributed by atoms with Crippen LogP contribution in [0, 0.1) is 27.7 Å². The molecular formula is C13H19N3S2. The van der Waals surface area contributed by atoms with Gasteiger partial charge in [0.15, 0.2) is 0 Å². The van der Waals surface area contributed by atoms with Gasteiger partial charge >= 0.3 is 0 Å². The molecule has 5 heteroatoms. The molecule has 1 unspecified atom stereocenters. The van der Waals surface area contributed by atoms with Crippen LogP contribution in [0.4, 0.5) is 0 Å². The summed E-state index contributed by atoms with van der Waals surface area (Å²) in [5.74, 6) is 0. The predicted octanol–water partition coefficient (Wildman–Crippen LogP) is 3.68. The normalized spacial score (nSPS) is 12.9. The van der Waals surface area contributed by atoms with Crippen molar-refractivity contribution >= 4 is 22.7 Å². The molecule has 0 spiro atoms. The molecule has 0 saturated carbocycles. The van der Waals surface area contributed by atoms with E-state index in [0.717, 1.165) is 27.9 Å². The molecule has 0 bridgehead atoms. The molecule has 2 rings (SSSR count). The maximum absolute atomic E-state index is 4.55. The van der Waals surface area contributed by atoms with Gasteiger partial charge in [0.05, 0.1) is 16.4 Å². The average molecular weight is 281 g/mol. The Kier molecular flexibility index (Phi) is 4.14. The van der Waals surface area contributed by atoms with E-state index >= 15 is 0 Å². The van der Waals surface area contributed by atoms with Crippen LogP contribution in [0.25, 0.3) is 0 Å². The number of hydrogen-bond donors (Lipinski definition) is 1. The lowest BCUT2D eigenvalue weighted by atomic mass is 10.2.